The molecule has 2 heterocycles. The second kappa shape index (κ2) is 2.66. The average Bonchev–Trinajstić information content (AvgIpc) is 2.85. The maximum Gasteiger partial charge on any atom is 0.217 e. The zero-order valence-electron chi connectivity index (χ0n) is 7.16. The number of hydrogen-bond donors (Lipinski definition) is 0. The van der Waals surface area contributed by atoms with Gasteiger partial charge in [-0.05, 0) is 6.07 Å². The molecule has 5 nitrogen and oxygen atoms in total. The van der Waals surface area contributed by atoms with Gasteiger partial charge >= 0.3 is 0 Å². The highest BCUT2D eigenvalue weighted by Crippen LogP contribution is 2.15. The minimum atomic E-state index is 0.589. The number of hydrogen-bond acceptors (Lipinski definition) is 4. The van der Waals surface area contributed by atoms with Crippen molar-refractivity contribution in [1.82, 2.24) is 20.2 Å². The van der Waals surface area contributed by atoms with Gasteiger partial charge in [0.2, 0.25) is 5.82 Å². The molecule has 0 unspecified atom stereocenters. The van der Waals surface area contributed by atoms with Gasteiger partial charge in [0, 0.05) is 10.7 Å². The van der Waals surface area contributed by atoms with E-state index >= 15 is 0 Å². The van der Waals surface area contributed by atoms with Gasteiger partial charge in [-0.15, -0.1) is 0 Å². The van der Waals surface area contributed by atoms with E-state index in [1.54, 1.807) is 10.9 Å². The van der Waals surface area contributed by atoms with Gasteiger partial charge in [0.1, 0.15) is 0 Å². The van der Waals surface area contributed by atoms with Crippen LogP contribution in [0.5, 0.6) is 0 Å². The lowest BCUT2D eigenvalue weighted by molar-refractivity contribution is 0.393. The SMILES string of the molecule is c1ccc2c(c1)cnn2-c1conn1. The van der Waals surface area contributed by atoms with E-state index in [0.717, 1.165) is 10.9 Å². The summed E-state index contributed by atoms with van der Waals surface area (Å²) in [5, 5.41) is 12.4. The molecule has 0 aliphatic rings. The summed E-state index contributed by atoms with van der Waals surface area (Å²) >= 11 is 0. The van der Waals surface area contributed by atoms with Crippen LogP contribution in [0.4, 0.5) is 0 Å². The van der Waals surface area contributed by atoms with Crippen molar-refractivity contribution in [2.45, 2.75) is 0 Å². The Labute approximate surface area is 78.9 Å². The first-order valence-corrected chi connectivity index (χ1v) is 4.15. The highest BCUT2D eigenvalue weighted by Gasteiger charge is 2.06. The Balaban J connectivity index is 2.33. The summed E-state index contributed by atoms with van der Waals surface area (Å²) in [7, 11) is 0. The van der Waals surface area contributed by atoms with E-state index in [0.29, 0.717) is 5.82 Å². The highest BCUT2D eigenvalue weighted by atomic mass is 16.5. The molecular formula is C9H6N4O. The summed E-state index contributed by atoms with van der Waals surface area (Å²) < 4.78 is 6.35. The van der Waals surface area contributed by atoms with Crippen molar-refractivity contribution in [2.24, 2.45) is 0 Å². The van der Waals surface area contributed by atoms with Crippen molar-refractivity contribution in [3.63, 3.8) is 0 Å². The van der Waals surface area contributed by atoms with Crippen LogP contribution in [0.3, 0.4) is 0 Å². The third-order valence-corrected chi connectivity index (χ3v) is 2.04. The molecule has 0 spiro atoms. The lowest BCUT2D eigenvalue weighted by atomic mass is 10.3. The van der Waals surface area contributed by atoms with Crippen molar-refractivity contribution in [2.75, 3.05) is 0 Å². The molecule has 14 heavy (non-hydrogen) atoms. The average molecular weight is 186 g/mol. The minimum absolute atomic E-state index is 0.589. The monoisotopic (exact) mass is 186 g/mol. The van der Waals surface area contributed by atoms with Gasteiger partial charge in [0.25, 0.3) is 0 Å². The molecule has 0 atom stereocenters. The van der Waals surface area contributed by atoms with E-state index in [4.69, 9.17) is 0 Å². The molecule has 0 N–H and O–H groups in total. The molecule has 0 fully saturated rings. The summed E-state index contributed by atoms with van der Waals surface area (Å²) in [4.78, 5) is 0. The predicted molar refractivity (Wildman–Crippen MR) is 48.9 cm³/mol. The first-order valence-electron chi connectivity index (χ1n) is 4.15. The fourth-order valence-electron chi connectivity index (χ4n) is 1.41. The predicted octanol–water partition coefficient (Wildman–Crippen LogP) is 1.41. The number of aromatic nitrogens is 4. The Morgan fingerprint density at radius 1 is 1.21 bits per heavy atom. The Bertz CT molecular complexity index is 555. The van der Waals surface area contributed by atoms with Crippen LogP contribution in [-0.2, 0) is 0 Å². The van der Waals surface area contributed by atoms with Crippen molar-refractivity contribution in [1.29, 1.82) is 0 Å². The number of nitrogens with zero attached hydrogens (tertiary/aromatic N) is 4. The zero-order chi connectivity index (χ0) is 9.38. The van der Waals surface area contributed by atoms with Gasteiger partial charge in [-0.3, -0.25) is 0 Å². The van der Waals surface area contributed by atoms with E-state index in [1.807, 2.05) is 24.3 Å². The van der Waals surface area contributed by atoms with Crippen LogP contribution in [0.15, 0.2) is 41.2 Å². The number of para-hydroxylation sites is 1. The fourth-order valence-corrected chi connectivity index (χ4v) is 1.41. The van der Waals surface area contributed by atoms with Gasteiger partial charge < -0.3 is 4.52 Å². The smallest absolute Gasteiger partial charge is 0.217 e. The minimum Gasteiger partial charge on any atom is -0.343 e. The van der Waals surface area contributed by atoms with E-state index in [1.165, 1.54) is 6.26 Å². The first kappa shape index (κ1) is 7.25. The van der Waals surface area contributed by atoms with E-state index < -0.39 is 0 Å². The highest BCUT2D eigenvalue weighted by molar-refractivity contribution is 5.79. The largest absolute Gasteiger partial charge is 0.343 e. The van der Waals surface area contributed by atoms with Crippen molar-refractivity contribution >= 4 is 10.9 Å². The summed E-state index contributed by atoms with van der Waals surface area (Å²) in [5.41, 5.74) is 0.989. The molecule has 0 amide bonds. The van der Waals surface area contributed by atoms with Crippen LogP contribution in [-0.4, -0.2) is 20.2 Å². The van der Waals surface area contributed by atoms with Crippen molar-refractivity contribution < 1.29 is 4.52 Å². The summed E-state index contributed by atoms with van der Waals surface area (Å²) in [6, 6.07) is 7.88. The standard InChI is InChI=1S/C9H6N4O/c1-2-4-8-7(3-1)5-10-13(8)9-6-14-12-11-9/h1-6H. The van der Waals surface area contributed by atoms with Gasteiger partial charge in [0.15, 0.2) is 6.26 Å². The van der Waals surface area contributed by atoms with Crippen LogP contribution in [0.1, 0.15) is 0 Å². The fraction of sp³-hybridized carbons (Fsp3) is 0. The van der Waals surface area contributed by atoms with Gasteiger partial charge in [-0.1, -0.05) is 23.3 Å². The molecule has 68 valence electrons. The molecule has 0 saturated carbocycles. The van der Waals surface area contributed by atoms with Crippen LogP contribution in [0.2, 0.25) is 0 Å². The lowest BCUT2D eigenvalue weighted by Crippen LogP contribution is -1.95. The van der Waals surface area contributed by atoms with Crippen molar-refractivity contribution in [3.05, 3.63) is 36.7 Å². The summed E-state index contributed by atoms with van der Waals surface area (Å²) in [6.45, 7) is 0. The second-order valence-electron chi connectivity index (χ2n) is 2.88. The zero-order valence-corrected chi connectivity index (χ0v) is 7.16. The third-order valence-electron chi connectivity index (χ3n) is 2.04. The molecule has 0 radical (unpaired) electrons. The molecule has 1 aromatic carbocycles. The number of fused-ring (bicyclic) bond motifs is 1. The molecular weight excluding hydrogens is 180 g/mol. The molecule has 5 heteroatoms. The maximum atomic E-state index is 4.67. The van der Waals surface area contributed by atoms with Crippen LogP contribution >= 0.6 is 0 Å². The Hall–Kier alpha value is -2.17. The molecule has 3 aromatic rings. The summed E-state index contributed by atoms with van der Waals surface area (Å²) in [5.74, 6) is 0.589. The van der Waals surface area contributed by atoms with E-state index in [2.05, 4.69) is 20.0 Å². The van der Waals surface area contributed by atoms with E-state index in [9.17, 15) is 0 Å². The second-order valence-corrected chi connectivity index (χ2v) is 2.88. The quantitative estimate of drug-likeness (QED) is 0.576. The Morgan fingerprint density at radius 2 is 2.14 bits per heavy atom. The Kier molecular flexibility index (Phi) is 1.38. The van der Waals surface area contributed by atoms with Gasteiger partial charge in [-0.2, -0.15) is 5.10 Å². The topological polar surface area (TPSA) is 56.7 Å². The number of rotatable bonds is 1. The van der Waals surface area contributed by atoms with Crippen LogP contribution in [0.25, 0.3) is 16.7 Å². The molecule has 0 aliphatic carbocycles. The number of benzene rings is 1. The third kappa shape index (κ3) is 0.922. The maximum absolute atomic E-state index is 4.67. The lowest BCUT2D eigenvalue weighted by Gasteiger charge is -1.94. The molecule has 0 saturated heterocycles. The van der Waals surface area contributed by atoms with Crippen LogP contribution in [0, 0.1) is 0 Å². The first-order chi connectivity index (χ1) is 6.95. The van der Waals surface area contributed by atoms with Gasteiger partial charge in [0.05, 0.1) is 11.7 Å². The van der Waals surface area contributed by atoms with Crippen molar-refractivity contribution in [3.8, 4) is 5.82 Å². The molecule has 0 bridgehead atoms. The summed E-state index contributed by atoms with van der Waals surface area (Å²) in [6.07, 6.45) is 3.24. The molecule has 2 aromatic heterocycles. The van der Waals surface area contributed by atoms with E-state index in [-0.39, 0.29) is 0 Å². The van der Waals surface area contributed by atoms with Crippen LogP contribution < -0.4 is 0 Å². The normalized spacial score (nSPS) is 10.9. The molecule has 3 rings (SSSR count). The van der Waals surface area contributed by atoms with Gasteiger partial charge in [-0.25, -0.2) is 4.68 Å². The Morgan fingerprint density at radius 3 is 3.00 bits per heavy atom. The molecule has 0 aliphatic heterocycles.